The molecule has 0 radical (unpaired) electrons. The molecular weight excluding hydrogens is 284 g/mol. The number of halogens is 1. The minimum absolute atomic E-state index is 0. The predicted molar refractivity (Wildman–Crippen MR) is 89.6 cm³/mol. The van der Waals surface area contributed by atoms with Gasteiger partial charge in [-0.2, -0.15) is 0 Å². The van der Waals surface area contributed by atoms with E-state index in [1.54, 1.807) is 0 Å². The maximum atomic E-state index is 11.9. The highest BCUT2D eigenvalue weighted by Crippen LogP contribution is 2.23. The van der Waals surface area contributed by atoms with Crippen molar-refractivity contribution >= 4 is 18.3 Å². The molecule has 0 bridgehead atoms. The Bertz CT molecular complexity index is 411. The number of carbonyl (C=O) groups excluding carboxylic acids is 1. The summed E-state index contributed by atoms with van der Waals surface area (Å²) in [5, 5.41) is 3.05. The Hall–Kier alpha value is -1.06. The molecule has 0 aliphatic heterocycles. The van der Waals surface area contributed by atoms with E-state index >= 15 is 0 Å². The SMILES string of the molecule is Cl.NC1CCC(C(=O)NCCCCCc2ccccc2)C1. The second-order valence-electron chi connectivity index (χ2n) is 5.86. The van der Waals surface area contributed by atoms with Crippen LogP contribution >= 0.6 is 12.4 Å². The molecule has 1 aliphatic carbocycles. The average Bonchev–Trinajstić information content (AvgIpc) is 2.90. The molecule has 3 nitrogen and oxygen atoms in total. The van der Waals surface area contributed by atoms with E-state index in [9.17, 15) is 4.79 Å². The number of amides is 1. The van der Waals surface area contributed by atoms with Crippen LogP contribution in [0.5, 0.6) is 0 Å². The first-order chi connectivity index (χ1) is 9.75. The molecule has 0 aromatic heterocycles. The van der Waals surface area contributed by atoms with Gasteiger partial charge in [-0.15, -0.1) is 12.4 Å². The van der Waals surface area contributed by atoms with Crippen molar-refractivity contribution in [1.29, 1.82) is 0 Å². The van der Waals surface area contributed by atoms with E-state index in [1.807, 2.05) is 6.07 Å². The summed E-state index contributed by atoms with van der Waals surface area (Å²) in [7, 11) is 0. The molecule has 0 saturated heterocycles. The van der Waals surface area contributed by atoms with Crippen molar-refractivity contribution in [2.45, 2.75) is 51.0 Å². The normalized spacial score (nSPS) is 20.8. The lowest BCUT2D eigenvalue weighted by Crippen LogP contribution is -2.31. The Morgan fingerprint density at radius 3 is 2.57 bits per heavy atom. The molecule has 1 aliphatic rings. The molecule has 2 atom stereocenters. The van der Waals surface area contributed by atoms with E-state index in [0.717, 1.165) is 38.6 Å². The zero-order valence-electron chi connectivity index (χ0n) is 12.6. The Balaban J connectivity index is 0.00000220. The molecule has 1 saturated carbocycles. The second-order valence-corrected chi connectivity index (χ2v) is 5.86. The molecule has 4 heteroatoms. The standard InChI is InChI=1S/C17H26N2O.ClH/c18-16-11-10-15(13-16)17(20)19-12-6-2-5-9-14-7-3-1-4-8-14;/h1,3-4,7-8,15-16H,2,5-6,9-13,18H2,(H,19,20);1H. The maximum Gasteiger partial charge on any atom is 0.223 e. The van der Waals surface area contributed by atoms with Crippen LogP contribution in [-0.4, -0.2) is 18.5 Å². The lowest BCUT2D eigenvalue weighted by atomic mass is 10.1. The third-order valence-corrected chi connectivity index (χ3v) is 4.13. The van der Waals surface area contributed by atoms with E-state index in [-0.39, 0.29) is 30.3 Å². The fourth-order valence-corrected chi connectivity index (χ4v) is 2.89. The summed E-state index contributed by atoms with van der Waals surface area (Å²) in [6.45, 7) is 0.805. The van der Waals surface area contributed by atoms with Crippen LogP contribution in [0.4, 0.5) is 0 Å². The first-order valence-corrected chi connectivity index (χ1v) is 7.83. The number of rotatable bonds is 7. The number of nitrogens with one attached hydrogen (secondary N) is 1. The topological polar surface area (TPSA) is 55.1 Å². The van der Waals surface area contributed by atoms with Gasteiger partial charge in [0.05, 0.1) is 0 Å². The van der Waals surface area contributed by atoms with Crippen LogP contribution in [0.1, 0.15) is 44.1 Å². The van der Waals surface area contributed by atoms with Gasteiger partial charge in [0.25, 0.3) is 0 Å². The van der Waals surface area contributed by atoms with Crippen LogP contribution in [0.15, 0.2) is 30.3 Å². The van der Waals surface area contributed by atoms with Gasteiger partial charge < -0.3 is 11.1 Å². The third-order valence-electron chi connectivity index (χ3n) is 4.13. The summed E-state index contributed by atoms with van der Waals surface area (Å²) in [5.41, 5.74) is 7.23. The molecule has 1 aromatic rings. The summed E-state index contributed by atoms with van der Waals surface area (Å²) >= 11 is 0. The monoisotopic (exact) mass is 310 g/mol. The van der Waals surface area contributed by atoms with Crippen LogP contribution in [-0.2, 0) is 11.2 Å². The van der Waals surface area contributed by atoms with Crippen molar-refractivity contribution in [2.75, 3.05) is 6.54 Å². The van der Waals surface area contributed by atoms with E-state index in [1.165, 1.54) is 18.4 Å². The molecule has 118 valence electrons. The van der Waals surface area contributed by atoms with Gasteiger partial charge >= 0.3 is 0 Å². The number of aryl methyl sites for hydroxylation is 1. The van der Waals surface area contributed by atoms with Gasteiger partial charge in [-0.3, -0.25) is 4.79 Å². The number of hydrogen-bond donors (Lipinski definition) is 2. The van der Waals surface area contributed by atoms with Gasteiger partial charge in [0.2, 0.25) is 5.91 Å². The predicted octanol–water partition coefficient (Wildman–Crippen LogP) is 3.06. The van der Waals surface area contributed by atoms with Gasteiger partial charge in [-0.05, 0) is 44.1 Å². The highest BCUT2D eigenvalue weighted by Gasteiger charge is 2.27. The van der Waals surface area contributed by atoms with E-state index in [4.69, 9.17) is 5.73 Å². The van der Waals surface area contributed by atoms with Crippen molar-refractivity contribution in [3.63, 3.8) is 0 Å². The molecule has 1 fully saturated rings. The summed E-state index contributed by atoms with van der Waals surface area (Å²) in [5.74, 6) is 0.371. The summed E-state index contributed by atoms with van der Waals surface area (Å²) in [6, 6.07) is 10.8. The fourth-order valence-electron chi connectivity index (χ4n) is 2.89. The first kappa shape index (κ1) is 18.0. The lowest BCUT2D eigenvalue weighted by molar-refractivity contribution is -0.124. The van der Waals surface area contributed by atoms with Crippen LogP contribution in [0.2, 0.25) is 0 Å². The quantitative estimate of drug-likeness (QED) is 0.760. The Kier molecular flexibility index (Phi) is 8.40. The summed E-state index contributed by atoms with van der Waals surface area (Å²) in [6.07, 6.45) is 7.37. The highest BCUT2D eigenvalue weighted by molar-refractivity contribution is 5.85. The molecular formula is C17H27ClN2O. The van der Waals surface area contributed by atoms with Crippen LogP contribution in [0, 0.1) is 5.92 Å². The Morgan fingerprint density at radius 2 is 1.90 bits per heavy atom. The minimum atomic E-state index is 0. The maximum absolute atomic E-state index is 11.9. The zero-order chi connectivity index (χ0) is 14.2. The largest absolute Gasteiger partial charge is 0.356 e. The molecule has 1 amide bonds. The van der Waals surface area contributed by atoms with Crippen molar-refractivity contribution in [3.8, 4) is 0 Å². The molecule has 2 rings (SSSR count). The lowest BCUT2D eigenvalue weighted by Gasteiger charge is -2.10. The van der Waals surface area contributed by atoms with E-state index in [0.29, 0.717) is 0 Å². The molecule has 0 heterocycles. The minimum Gasteiger partial charge on any atom is -0.356 e. The van der Waals surface area contributed by atoms with Gasteiger partial charge in [0.1, 0.15) is 0 Å². The van der Waals surface area contributed by atoms with Gasteiger partial charge in [-0.25, -0.2) is 0 Å². The number of hydrogen-bond acceptors (Lipinski definition) is 2. The molecule has 2 unspecified atom stereocenters. The number of carbonyl (C=O) groups is 1. The van der Waals surface area contributed by atoms with E-state index in [2.05, 4.69) is 29.6 Å². The van der Waals surface area contributed by atoms with Gasteiger partial charge in [-0.1, -0.05) is 36.8 Å². The van der Waals surface area contributed by atoms with Gasteiger partial charge in [0.15, 0.2) is 0 Å². The zero-order valence-corrected chi connectivity index (χ0v) is 13.4. The molecule has 0 spiro atoms. The highest BCUT2D eigenvalue weighted by atomic mass is 35.5. The number of benzene rings is 1. The van der Waals surface area contributed by atoms with Crippen LogP contribution < -0.4 is 11.1 Å². The number of unbranched alkanes of at least 4 members (excludes halogenated alkanes) is 2. The average molecular weight is 311 g/mol. The molecule has 21 heavy (non-hydrogen) atoms. The number of nitrogens with two attached hydrogens (primary N) is 1. The molecule has 3 N–H and O–H groups in total. The van der Waals surface area contributed by atoms with E-state index < -0.39 is 0 Å². The summed E-state index contributed by atoms with van der Waals surface area (Å²) < 4.78 is 0. The molecule has 1 aromatic carbocycles. The summed E-state index contributed by atoms with van der Waals surface area (Å²) in [4.78, 5) is 11.9. The Morgan fingerprint density at radius 1 is 1.14 bits per heavy atom. The first-order valence-electron chi connectivity index (χ1n) is 7.83. The van der Waals surface area contributed by atoms with Crippen molar-refractivity contribution < 1.29 is 4.79 Å². The Labute approximate surface area is 134 Å². The van der Waals surface area contributed by atoms with Crippen molar-refractivity contribution in [2.24, 2.45) is 11.7 Å². The fraction of sp³-hybridized carbons (Fsp3) is 0.588. The van der Waals surface area contributed by atoms with Crippen molar-refractivity contribution in [3.05, 3.63) is 35.9 Å². The van der Waals surface area contributed by atoms with Crippen molar-refractivity contribution in [1.82, 2.24) is 5.32 Å². The van der Waals surface area contributed by atoms with Gasteiger partial charge in [0, 0.05) is 18.5 Å². The second kappa shape index (κ2) is 9.80. The smallest absolute Gasteiger partial charge is 0.223 e. The van der Waals surface area contributed by atoms with Crippen LogP contribution in [0.25, 0.3) is 0 Å². The third kappa shape index (κ3) is 6.49. The van der Waals surface area contributed by atoms with Crippen LogP contribution in [0.3, 0.4) is 0 Å².